The van der Waals surface area contributed by atoms with Crippen LogP contribution in [0.2, 0.25) is 0 Å². The van der Waals surface area contributed by atoms with Gasteiger partial charge in [0.25, 0.3) is 0 Å². The number of fused-ring (bicyclic) bond motifs is 1. The smallest absolute Gasteiger partial charge is 0.347 e. The molecular weight excluding hydrogens is 334 g/mol. The van der Waals surface area contributed by atoms with Crippen molar-refractivity contribution in [3.05, 3.63) is 88.8 Å². The van der Waals surface area contributed by atoms with Crippen LogP contribution in [0.1, 0.15) is 26.3 Å². The van der Waals surface area contributed by atoms with Gasteiger partial charge in [-0.1, -0.05) is 69.3 Å². The zero-order chi connectivity index (χ0) is 19.0. The van der Waals surface area contributed by atoms with E-state index < -0.39 is 0 Å². The van der Waals surface area contributed by atoms with Crippen molar-refractivity contribution in [3.8, 4) is 22.6 Å². The monoisotopic (exact) mass is 355 g/mol. The molecule has 0 spiro atoms. The van der Waals surface area contributed by atoms with Gasteiger partial charge in [-0.05, 0) is 46.4 Å². The maximum absolute atomic E-state index is 12.6. The first-order valence-electron chi connectivity index (χ1n) is 9.03. The Kier molecular flexibility index (Phi) is 4.15. The van der Waals surface area contributed by atoms with Crippen LogP contribution in [-0.4, -0.2) is 4.98 Å². The Labute approximate surface area is 158 Å². The maximum Gasteiger partial charge on any atom is 0.347 e. The number of hydrogen-bond acceptors (Lipinski definition) is 3. The number of rotatable bonds is 2. The second-order valence-electron chi connectivity index (χ2n) is 7.73. The van der Waals surface area contributed by atoms with Crippen LogP contribution in [0.3, 0.4) is 0 Å². The standard InChI is InChI=1S/C24H21NO2/c1-24(2,3)19-12-9-17(10-13-19)22-25-21-14-11-18(15-20(21)23(26)27-22)16-7-5-4-6-8-16/h4-15H,1-3H3. The van der Waals surface area contributed by atoms with E-state index in [1.807, 2.05) is 60.7 Å². The van der Waals surface area contributed by atoms with Crippen molar-refractivity contribution >= 4 is 10.9 Å². The fourth-order valence-electron chi connectivity index (χ4n) is 3.12. The van der Waals surface area contributed by atoms with Crippen molar-refractivity contribution < 1.29 is 4.42 Å². The molecule has 3 nitrogen and oxygen atoms in total. The molecule has 0 unspecified atom stereocenters. The number of aromatic nitrogens is 1. The normalized spacial score (nSPS) is 11.7. The fraction of sp³-hybridized carbons (Fsp3) is 0.167. The Bertz CT molecular complexity index is 1150. The van der Waals surface area contributed by atoms with Gasteiger partial charge >= 0.3 is 5.63 Å². The third kappa shape index (κ3) is 3.41. The quantitative estimate of drug-likeness (QED) is 0.455. The van der Waals surface area contributed by atoms with Crippen LogP contribution in [0.25, 0.3) is 33.5 Å². The maximum atomic E-state index is 12.6. The fourth-order valence-corrected chi connectivity index (χ4v) is 3.12. The van der Waals surface area contributed by atoms with E-state index in [2.05, 4.69) is 37.9 Å². The highest BCUT2D eigenvalue weighted by Crippen LogP contribution is 2.27. The Morgan fingerprint density at radius 2 is 1.44 bits per heavy atom. The molecule has 0 atom stereocenters. The van der Waals surface area contributed by atoms with Gasteiger partial charge in [-0.15, -0.1) is 0 Å². The molecule has 27 heavy (non-hydrogen) atoms. The van der Waals surface area contributed by atoms with Crippen molar-refractivity contribution in [3.63, 3.8) is 0 Å². The molecule has 0 aliphatic heterocycles. The van der Waals surface area contributed by atoms with E-state index in [1.54, 1.807) is 0 Å². The molecule has 0 N–H and O–H groups in total. The van der Waals surface area contributed by atoms with Crippen LogP contribution in [0.5, 0.6) is 0 Å². The predicted octanol–water partition coefficient (Wildman–Crippen LogP) is 5.82. The molecule has 0 bridgehead atoms. The highest BCUT2D eigenvalue weighted by Gasteiger charge is 2.15. The van der Waals surface area contributed by atoms with Gasteiger partial charge in [-0.3, -0.25) is 0 Å². The lowest BCUT2D eigenvalue weighted by Gasteiger charge is -2.18. The van der Waals surface area contributed by atoms with Crippen LogP contribution in [0.15, 0.2) is 82.0 Å². The van der Waals surface area contributed by atoms with Gasteiger partial charge in [-0.2, -0.15) is 0 Å². The highest BCUT2D eigenvalue weighted by molar-refractivity contribution is 5.84. The summed E-state index contributed by atoms with van der Waals surface area (Å²) >= 11 is 0. The third-order valence-electron chi connectivity index (χ3n) is 4.73. The molecule has 1 heterocycles. The lowest BCUT2D eigenvalue weighted by molar-refractivity contribution is 0.518. The van der Waals surface area contributed by atoms with Gasteiger partial charge in [0.2, 0.25) is 5.89 Å². The van der Waals surface area contributed by atoms with Gasteiger partial charge in [0, 0.05) is 5.56 Å². The van der Waals surface area contributed by atoms with Crippen molar-refractivity contribution in [2.75, 3.05) is 0 Å². The molecule has 3 heteroatoms. The molecule has 0 radical (unpaired) electrons. The molecule has 0 aliphatic rings. The van der Waals surface area contributed by atoms with Crippen LogP contribution < -0.4 is 5.63 Å². The highest BCUT2D eigenvalue weighted by atomic mass is 16.4. The van der Waals surface area contributed by atoms with E-state index in [1.165, 1.54) is 5.56 Å². The second-order valence-corrected chi connectivity index (χ2v) is 7.73. The van der Waals surface area contributed by atoms with Crippen LogP contribution >= 0.6 is 0 Å². The van der Waals surface area contributed by atoms with E-state index >= 15 is 0 Å². The largest absolute Gasteiger partial charge is 0.403 e. The summed E-state index contributed by atoms with van der Waals surface area (Å²) < 4.78 is 5.53. The van der Waals surface area contributed by atoms with Gasteiger partial charge in [0.15, 0.2) is 0 Å². The molecule has 0 amide bonds. The third-order valence-corrected chi connectivity index (χ3v) is 4.73. The molecule has 4 aromatic rings. The van der Waals surface area contributed by atoms with Gasteiger partial charge < -0.3 is 4.42 Å². The average molecular weight is 355 g/mol. The van der Waals surface area contributed by atoms with Crippen molar-refractivity contribution in [2.24, 2.45) is 0 Å². The topological polar surface area (TPSA) is 43.1 Å². The molecule has 0 saturated heterocycles. The van der Waals surface area contributed by atoms with Gasteiger partial charge in [0.1, 0.15) is 0 Å². The SMILES string of the molecule is CC(C)(C)c1ccc(-c2nc3ccc(-c4ccccc4)cc3c(=O)o2)cc1. The molecule has 134 valence electrons. The molecule has 3 aromatic carbocycles. The van der Waals surface area contributed by atoms with Crippen molar-refractivity contribution in [1.29, 1.82) is 0 Å². The summed E-state index contributed by atoms with van der Waals surface area (Å²) in [5.41, 5.74) is 4.40. The molecule has 1 aromatic heterocycles. The number of nitrogens with zero attached hydrogens (tertiary/aromatic N) is 1. The van der Waals surface area contributed by atoms with E-state index in [0.29, 0.717) is 16.8 Å². The molecule has 0 aliphatic carbocycles. The number of benzene rings is 3. The van der Waals surface area contributed by atoms with Crippen molar-refractivity contribution in [1.82, 2.24) is 4.98 Å². The Balaban J connectivity index is 1.77. The van der Waals surface area contributed by atoms with Crippen LogP contribution in [0.4, 0.5) is 0 Å². The first-order valence-corrected chi connectivity index (χ1v) is 9.03. The first kappa shape index (κ1) is 17.2. The zero-order valence-corrected chi connectivity index (χ0v) is 15.7. The van der Waals surface area contributed by atoms with Crippen LogP contribution in [-0.2, 0) is 5.41 Å². The lowest BCUT2D eigenvalue weighted by atomic mass is 9.87. The van der Waals surface area contributed by atoms with E-state index in [0.717, 1.165) is 16.7 Å². The van der Waals surface area contributed by atoms with E-state index in [9.17, 15) is 4.79 Å². The summed E-state index contributed by atoms with van der Waals surface area (Å²) in [6, 6.07) is 23.7. The Hall–Kier alpha value is -3.20. The summed E-state index contributed by atoms with van der Waals surface area (Å²) in [7, 11) is 0. The van der Waals surface area contributed by atoms with E-state index in [-0.39, 0.29) is 11.0 Å². The summed E-state index contributed by atoms with van der Waals surface area (Å²) in [6.07, 6.45) is 0. The van der Waals surface area contributed by atoms with Gasteiger partial charge in [0.05, 0.1) is 10.9 Å². The summed E-state index contributed by atoms with van der Waals surface area (Å²) in [4.78, 5) is 17.1. The summed E-state index contributed by atoms with van der Waals surface area (Å²) in [5.74, 6) is 0.348. The summed E-state index contributed by atoms with van der Waals surface area (Å²) in [6.45, 7) is 6.50. The molecular formula is C24H21NO2. The number of hydrogen-bond donors (Lipinski definition) is 0. The molecule has 4 rings (SSSR count). The minimum Gasteiger partial charge on any atom is -0.403 e. The first-order chi connectivity index (χ1) is 12.9. The predicted molar refractivity (Wildman–Crippen MR) is 110 cm³/mol. The zero-order valence-electron chi connectivity index (χ0n) is 15.7. The Morgan fingerprint density at radius 1 is 0.778 bits per heavy atom. The average Bonchev–Trinajstić information content (AvgIpc) is 2.68. The minimum atomic E-state index is -0.368. The van der Waals surface area contributed by atoms with Crippen LogP contribution in [0, 0.1) is 0 Å². The molecule has 0 saturated carbocycles. The Morgan fingerprint density at radius 3 is 2.11 bits per heavy atom. The summed E-state index contributed by atoms with van der Waals surface area (Å²) in [5, 5.41) is 0.492. The lowest BCUT2D eigenvalue weighted by Crippen LogP contribution is -2.10. The minimum absolute atomic E-state index is 0.0734. The van der Waals surface area contributed by atoms with E-state index in [4.69, 9.17) is 4.42 Å². The van der Waals surface area contributed by atoms with Gasteiger partial charge in [-0.25, -0.2) is 9.78 Å². The van der Waals surface area contributed by atoms with Crippen molar-refractivity contribution in [2.45, 2.75) is 26.2 Å². The second kappa shape index (κ2) is 6.51. The molecule has 0 fully saturated rings.